The molecule has 1 aromatic heterocycles. The highest BCUT2D eigenvalue weighted by Crippen LogP contribution is 2.36. The number of benzene rings is 2. The van der Waals surface area contributed by atoms with Gasteiger partial charge in [-0.05, 0) is 29.1 Å². The van der Waals surface area contributed by atoms with E-state index < -0.39 is 11.6 Å². The summed E-state index contributed by atoms with van der Waals surface area (Å²) in [5.41, 5.74) is 1.04. The van der Waals surface area contributed by atoms with Crippen LogP contribution in [-0.4, -0.2) is 20.3 Å². The Morgan fingerprint density at radius 1 is 0.850 bits per heavy atom. The van der Waals surface area contributed by atoms with Crippen molar-refractivity contribution in [2.75, 3.05) is 0 Å². The van der Waals surface area contributed by atoms with Crippen LogP contribution in [0.5, 0.6) is 17.2 Å². The number of halogens is 1. The van der Waals surface area contributed by atoms with Crippen LogP contribution in [0.2, 0.25) is 0 Å². The molecule has 0 aliphatic rings. The Labute approximate surface area is 113 Å². The zero-order valence-corrected chi connectivity index (χ0v) is 10.2. The van der Waals surface area contributed by atoms with Crippen LogP contribution in [0.25, 0.3) is 21.9 Å². The van der Waals surface area contributed by atoms with Gasteiger partial charge in [0.2, 0.25) is 0 Å². The number of phenolic OH excluding ortho intramolecular Hbond substituents is 3. The van der Waals surface area contributed by atoms with E-state index in [1.54, 1.807) is 0 Å². The zero-order valence-electron chi connectivity index (χ0n) is 10.2. The van der Waals surface area contributed by atoms with Gasteiger partial charge in [-0.25, -0.2) is 4.39 Å². The highest BCUT2D eigenvalue weighted by Gasteiger charge is 2.11. The van der Waals surface area contributed by atoms with Crippen molar-refractivity contribution in [3.8, 4) is 28.4 Å². The smallest absolute Gasteiger partial charge is 0.165 e. The monoisotopic (exact) mass is 271 g/mol. The second-order valence-electron chi connectivity index (χ2n) is 4.41. The molecule has 0 spiro atoms. The molecule has 0 aliphatic heterocycles. The lowest BCUT2D eigenvalue weighted by Crippen LogP contribution is -1.86. The van der Waals surface area contributed by atoms with Crippen molar-refractivity contribution in [2.24, 2.45) is 0 Å². The maximum atomic E-state index is 13.5. The number of aromatic nitrogens is 1. The van der Waals surface area contributed by atoms with Gasteiger partial charge in [-0.1, -0.05) is 6.07 Å². The minimum absolute atomic E-state index is 0.0956. The SMILES string of the molecule is Oc1cc(O)c2cncc(-c3ccc(O)c(F)c3)c2c1. The standard InChI is InChI=1S/C15H10FNO3/c16-13-3-8(1-2-14(13)19)11-6-17-7-12-10(11)4-9(18)5-15(12)20/h1-7,18-20H. The van der Waals surface area contributed by atoms with E-state index in [1.807, 2.05) is 0 Å². The molecule has 0 aliphatic carbocycles. The van der Waals surface area contributed by atoms with Crippen LogP contribution in [0.3, 0.4) is 0 Å². The molecule has 0 saturated heterocycles. The molecular weight excluding hydrogens is 261 g/mol. The predicted molar refractivity (Wildman–Crippen MR) is 72.1 cm³/mol. The third-order valence-corrected chi connectivity index (χ3v) is 3.10. The van der Waals surface area contributed by atoms with E-state index in [0.29, 0.717) is 21.9 Å². The Balaban J connectivity index is 2.33. The average molecular weight is 271 g/mol. The molecule has 0 radical (unpaired) electrons. The molecule has 3 aromatic rings. The summed E-state index contributed by atoms with van der Waals surface area (Å²) in [7, 11) is 0. The molecule has 0 atom stereocenters. The molecule has 0 amide bonds. The maximum Gasteiger partial charge on any atom is 0.165 e. The first-order chi connectivity index (χ1) is 9.56. The number of rotatable bonds is 1. The molecule has 5 heteroatoms. The van der Waals surface area contributed by atoms with E-state index in [1.165, 1.54) is 42.7 Å². The van der Waals surface area contributed by atoms with Crippen LogP contribution >= 0.6 is 0 Å². The summed E-state index contributed by atoms with van der Waals surface area (Å²) in [4.78, 5) is 4.01. The van der Waals surface area contributed by atoms with E-state index >= 15 is 0 Å². The highest BCUT2D eigenvalue weighted by atomic mass is 19.1. The summed E-state index contributed by atoms with van der Waals surface area (Å²) in [6, 6.07) is 6.64. The minimum Gasteiger partial charge on any atom is -0.508 e. The van der Waals surface area contributed by atoms with Gasteiger partial charge in [0.15, 0.2) is 11.6 Å². The number of aromatic hydroxyl groups is 3. The summed E-state index contributed by atoms with van der Waals surface area (Å²) in [5.74, 6) is -1.38. The summed E-state index contributed by atoms with van der Waals surface area (Å²) >= 11 is 0. The number of nitrogens with zero attached hydrogens (tertiary/aromatic N) is 1. The molecule has 2 aromatic carbocycles. The second kappa shape index (κ2) is 4.38. The molecule has 20 heavy (non-hydrogen) atoms. The van der Waals surface area contributed by atoms with E-state index in [4.69, 9.17) is 0 Å². The van der Waals surface area contributed by atoms with Crippen molar-refractivity contribution in [2.45, 2.75) is 0 Å². The Hall–Kier alpha value is -2.82. The highest BCUT2D eigenvalue weighted by molar-refractivity contribution is 5.99. The van der Waals surface area contributed by atoms with Gasteiger partial charge in [0.25, 0.3) is 0 Å². The molecule has 0 unspecified atom stereocenters. The number of hydrogen-bond acceptors (Lipinski definition) is 4. The lowest BCUT2D eigenvalue weighted by Gasteiger charge is -2.09. The second-order valence-corrected chi connectivity index (χ2v) is 4.41. The summed E-state index contributed by atoms with van der Waals surface area (Å²) in [5, 5.41) is 29.6. The zero-order chi connectivity index (χ0) is 14.3. The molecule has 0 fully saturated rings. The fourth-order valence-electron chi connectivity index (χ4n) is 2.14. The Bertz CT molecular complexity index is 818. The van der Waals surface area contributed by atoms with Crippen molar-refractivity contribution in [1.82, 2.24) is 4.98 Å². The molecule has 4 nitrogen and oxygen atoms in total. The van der Waals surface area contributed by atoms with Gasteiger partial charge in [-0.2, -0.15) is 0 Å². The van der Waals surface area contributed by atoms with E-state index in [-0.39, 0.29) is 11.5 Å². The third kappa shape index (κ3) is 1.89. The third-order valence-electron chi connectivity index (χ3n) is 3.10. The van der Waals surface area contributed by atoms with Gasteiger partial charge in [0, 0.05) is 29.4 Å². The summed E-state index contributed by atoms with van der Waals surface area (Å²) in [6.45, 7) is 0. The average Bonchev–Trinajstić information content (AvgIpc) is 2.41. The van der Waals surface area contributed by atoms with Gasteiger partial charge < -0.3 is 15.3 Å². The molecule has 3 N–H and O–H groups in total. The first-order valence-electron chi connectivity index (χ1n) is 5.85. The van der Waals surface area contributed by atoms with Crippen LogP contribution in [0.1, 0.15) is 0 Å². The van der Waals surface area contributed by atoms with E-state index in [0.717, 1.165) is 0 Å². The molecule has 100 valence electrons. The number of pyridine rings is 1. The van der Waals surface area contributed by atoms with Gasteiger partial charge in [-0.3, -0.25) is 4.98 Å². The summed E-state index contributed by atoms with van der Waals surface area (Å²) in [6.07, 6.45) is 2.97. The van der Waals surface area contributed by atoms with Crippen LogP contribution < -0.4 is 0 Å². The first-order valence-corrected chi connectivity index (χ1v) is 5.85. The van der Waals surface area contributed by atoms with Crippen molar-refractivity contribution in [3.63, 3.8) is 0 Å². The quantitative estimate of drug-likeness (QED) is 0.635. The molecule has 0 saturated carbocycles. The molecular formula is C15H10FNO3. The van der Waals surface area contributed by atoms with E-state index in [2.05, 4.69) is 4.98 Å². The predicted octanol–water partition coefficient (Wildman–Crippen LogP) is 3.16. The molecule has 1 heterocycles. The van der Waals surface area contributed by atoms with Crippen LogP contribution in [0.15, 0.2) is 42.7 Å². The lowest BCUT2D eigenvalue weighted by molar-refractivity contribution is 0.432. The van der Waals surface area contributed by atoms with Crippen LogP contribution in [0, 0.1) is 5.82 Å². The Morgan fingerprint density at radius 2 is 1.65 bits per heavy atom. The van der Waals surface area contributed by atoms with Crippen molar-refractivity contribution in [3.05, 3.63) is 48.5 Å². The molecule has 3 rings (SSSR count). The molecule has 0 bridgehead atoms. The first kappa shape index (κ1) is 12.2. The maximum absolute atomic E-state index is 13.5. The number of hydrogen-bond donors (Lipinski definition) is 3. The van der Waals surface area contributed by atoms with Gasteiger partial charge >= 0.3 is 0 Å². The topological polar surface area (TPSA) is 73.6 Å². The summed E-state index contributed by atoms with van der Waals surface area (Å²) < 4.78 is 13.5. The lowest BCUT2D eigenvalue weighted by atomic mass is 10.00. The van der Waals surface area contributed by atoms with Gasteiger partial charge in [-0.15, -0.1) is 0 Å². The Morgan fingerprint density at radius 3 is 2.40 bits per heavy atom. The minimum atomic E-state index is -0.746. The van der Waals surface area contributed by atoms with Crippen LogP contribution in [-0.2, 0) is 0 Å². The largest absolute Gasteiger partial charge is 0.508 e. The number of fused-ring (bicyclic) bond motifs is 1. The van der Waals surface area contributed by atoms with Crippen molar-refractivity contribution in [1.29, 1.82) is 0 Å². The van der Waals surface area contributed by atoms with Crippen molar-refractivity contribution >= 4 is 10.8 Å². The van der Waals surface area contributed by atoms with Crippen molar-refractivity contribution < 1.29 is 19.7 Å². The fourth-order valence-corrected chi connectivity index (χ4v) is 2.14. The Kier molecular flexibility index (Phi) is 2.68. The van der Waals surface area contributed by atoms with E-state index in [9.17, 15) is 19.7 Å². The van der Waals surface area contributed by atoms with Crippen LogP contribution in [0.4, 0.5) is 4.39 Å². The van der Waals surface area contributed by atoms with Gasteiger partial charge in [0.05, 0.1) is 0 Å². The normalized spacial score (nSPS) is 10.8. The van der Waals surface area contributed by atoms with Gasteiger partial charge in [0.1, 0.15) is 11.5 Å². The fraction of sp³-hybridized carbons (Fsp3) is 0. The number of phenols is 3.